The molecule has 0 spiro atoms. The number of nitrogens with one attached hydrogen (secondary N) is 2. The number of nitrogens with zero attached hydrogens (tertiary/aromatic N) is 4. The lowest BCUT2D eigenvalue weighted by Gasteiger charge is -2.26. The molecule has 0 aliphatic carbocycles. The molecule has 1 aliphatic rings. The van der Waals surface area contributed by atoms with E-state index in [-0.39, 0.29) is 17.7 Å². The van der Waals surface area contributed by atoms with Crippen LogP contribution in [0.5, 0.6) is 0 Å². The van der Waals surface area contributed by atoms with Crippen molar-refractivity contribution >= 4 is 10.9 Å². The number of fused-ring (bicyclic) bond motifs is 1. The van der Waals surface area contributed by atoms with Gasteiger partial charge in [-0.3, -0.25) is 4.79 Å². The first-order valence-corrected chi connectivity index (χ1v) is 10.9. The summed E-state index contributed by atoms with van der Waals surface area (Å²) in [6.07, 6.45) is 2.20. The lowest BCUT2D eigenvalue weighted by Crippen LogP contribution is -3.12. The van der Waals surface area contributed by atoms with Gasteiger partial charge in [-0.15, -0.1) is 5.10 Å². The van der Waals surface area contributed by atoms with Crippen molar-refractivity contribution in [3.05, 3.63) is 51.1 Å². The number of aromatic amines is 1. The predicted molar refractivity (Wildman–Crippen MR) is 115 cm³/mol. The molecule has 8 nitrogen and oxygen atoms in total. The number of pyridine rings is 1. The van der Waals surface area contributed by atoms with E-state index < -0.39 is 0 Å². The van der Waals surface area contributed by atoms with Gasteiger partial charge >= 0.3 is 0 Å². The van der Waals surface area contributed by atoms with Gasteiger partial charge in [0.05, 0.1) is 31.3 Å². The lowest BCUT2D eigenvalue weighted by molar-refractivity contribution is -0.923. The molecule has 1 aromatic carbocycles. The first-order valence-electron chi connectivity index (χ1n) is 10.9. The Bertz CT molecular complexity index is 1080. The molecule has 1 aliphatic heterocycles. The predicted octanol–water partition coefficient (Wildman–Crippen LogP) is 1.32. The molecule has 0 unspecified atom stereocenters. The van der Waals surface area contributed by atoms with Gasteiger partial charge in [-0.05, 0) is 74.2 Å². The molecule has 3 heterocycles. The van der Waals surface area contributed by atoms with E-state index in [1.807, 2.05) is 23.7 Å². The van der Waals surface area contributed by atoms with Gasteiger partial charge in [0.25, 0.3) is 5.56 Å². The second-order valence-electron chi connectivity index (χ2n) is 8.25. The van der Waals surface area contributed by atoms with Crippen LogP contribution in [0.15, 0.2) is 23.0 Å². The standard InChI is InChI=1S/C22H30N6O2/c1-5-27(6-2)20(21-24-25-26-28(21)13-16-8-7-9-30-16)18-12-17-15(4)10-14(3)11-19(17)23-22(18)29/h10-12,16,20H,5-9,13H2,1-4H3,(H,23,29)/p+1/t16-,20+/m1/s1. The quantitative estimate of drug-likeness (QED) is 0.612. The molecule has 2 N–H and O–H groups in total. The van der Waals surface area contributed by atoms with Crippen molar-refractivity contribution in [1.29, 1.82) is 0 Å². The van der Waals surface area contributed by atoms with Gasteiger partial charge < -0.3 is 14.6 Å². The Morgan fingerprint density at radius 3 is 2.77 bits per heavy atom. The summed E-state index contributed by atoms with van der Waals surface area (Å²) < 4.78 is 7.63. The highest BCUT2D eigenvalue weighted by atomic mass is 16.5. The molecule has 0 radical (unpaired) electrons. The van der Waals surface area contributed by atoms with E-state index >= 15 is 0 Å². The zero-order valence-corrected chi connectivity index (χ0v) is 18.2. The van der Waals surface area contributed by atoms with Gasteiger partial charge in [-0.1, -0.05) is 6.07 Å². The van der Waals surface area contributed by atoms with Gasteiger partial charge in [0.15, 0.2) is 6.04 Å². The number of benzene rings is 1. The second kappa shape index (κ2) is 8.65. The molecular formula is C22H31N6O2+. The van der Waals surface area contributed by atoms with Crippen molar-refractivity contribution in [3.63, 3.8) is 0 Å². The number of aromatic nitrogens is 5. The minimum absolute atomic E-state index is 0.0800. The van der Waals surface area contributed by atoms with Crippen molar-refractivity contribution in [1.82, 2.24) is 25.2 Å². The van der Waals surface area contributed by atoms with Crippen LogP contribution in [0.2, 0.25) is 0 Å². The van der Waals surface area contributed by atoms with Crippen LogP contribution in [-0.4, -0.2) is 51.0 Å². The maximum Gasteiger partial charge on any atom is 0.258 e. The molecule has 2 atom stereocenters. The highest BCUT2D eigenvalue weighted by molar-refractivity contribution is 5.83. The fourth-order valence-corrected chi connectivity index (χ4v) is 4.63. The van der Waals surface area contributed by atoms with Crippen molar-refractivity contribution in [2.75, 3.05) is 19.7 Å². The molecule has 160 valence electrons. The van der Waals surface area contributed by atoms with E-state index in [0.29, 0.717) is 12.1 Å². The van der Waals surface area contributed by atoms with Crippen molar-refractivity contribution < 1.29 is 9.64 Å². The van der Waals surface area contributed by atoms with E-state index in [9.17, 15) is 4.79 Å². The van der Waals surface area contributed by atoms with Crippen LogP contribution in [0.25, 0.3) is 10.9 Å². The van der Waals surface area contributed by atoms with E-state index in [0.717, 1.165) is 60.4 Å². The number of aryl methyl sites for hydroxylation is 2. The topological polar surface area (TPSA) is 90.1 Å². The molecule has 2 aromatic heterocycles. The Balaban J connectivity index is 1.84. The molecule has 1 saturated heterocycles. The molecule has 0 bridgehead atoms. The molecule has 3 aromatic rings. The maximum absolute atomic E-state index is 13.2. The summed E-state index contributed by atoms with van der Waals surface area (Å²) in [5.41, 5.74) is 3.78. The Morgan fingerprint density at radius 1 is 1.27 bits per heavy atom. The van der Waals surface area contributed by atoms with Crippen LogP contribution in [0, 0.1) is 13.8 Å². The van der Waals surface area contributed by atoms with Crippen LogP contribution in [0.4, 0.5) is 0 Å². The normalized spacial score (nSPS) is 17.8. The number of tetrazole rings is 1. The average Bonchev–Trinajstić information content (AvgIpc) is 3.38. The van der Waals surface area contributed by atoms with Crippen molar-refractivity contribution in [2.24, 2.45) is 0 Å². The zero-order valence-electron chi connectivity index (χ0n) is 18.2. The Labute approximate surface area is 176 Å². The number of quaternary nitrogens is 1. The lowest BCUT2D eigenvalue weighted by atomic mass is 10.00. The summed E-state index contributed by atoms with van der Waals surface area (Å²) in [6, 6.07) is 5.95. The number of rotatable bonds is 7. The van der Waals surface area contributed by atoms with Gasteiger partial charge in [-0.25, -0.2) is 4.68 Å². The van der Waals surface area contributed by atoms with Gasteiger partial charge in [0.1, 0.15) is 0 Å². The summed E-state index contributed by atoms with van der Waals surface area (Å²) in [6.45, 7) is 11.5. The smallest absolute Gasteiger partial charge is 0.258 e. The number of ether oxygens (including phenoxy) is 1. The molecule has 1 fully saturated rings. The van der Waals surface area contributed by atoms with Gasteiger partial charge in [0, 0.05) is 17.5 Å². The number of H-pyrrole nitrogens is 1. The van der Waals surface area contributed by atoms with Crippen molar-refractivity contribution in [2.45, 2.75) is 59.2 Å². The third-order valence-electron chi connectivity index (χ3n) is 6.19. The fraction of sp³-hybridized carbons (Fsp3) is 0.545. The highest BCUT2D eigenvalue weighted by Crippen LogP contribution is 2.23. The van der Waals surface area contributed by atoms with Crippen LogP contribution >= 0.6 is 0 Å². The Hall–Kier alpha value is -2.58. The summed E-state index contributed by atoms with van der Waals surface area (Å²) in [5.74, 6) is 0.721. The number of hydrogen-bond acceptors (Lipinski definition) is 5. The molecule has 4 rings (SSSR count). The average molecular weight is 412 g/mol. The summed E-state index contributed by atoms with van der Waals surface area (Å²) in [4.78, 5) is 17.6. The molecular weight excluding hydrogens is 380 g/mol. The molecule has 30 heavy (non-hydrogen) atoms. The zero-order chi connectivity index (χ0) is 21.3. The monoisotopic (exact) mass is 411 g/mol. The minimum Gasteiger partial charge on any atom is -0.376 e. The van der Waals surface area contributed by atoms with Crippen LogP contribution in [0.1, 0.15) is 55.2 Å². The molecule has 0 saturated carbocycles. The van der Waals surface area contributed by atoms with Crippen LogP contribution in [-0.2, 0) is 11.3 Å². The van der Waals surface area contributed by atoms with Gasteiger partial charge in [-0.2, -0.15) is 0 Å². The SMILES string of the molecule is CC[NH+](CC)[C@@H](c1cc2c(C)cc(C)cc2[nH]c1=O)c1nnnn1C[C@H]1CCCO1. The second-order valence-corrected chi connectivity index (χ2v) is 8.25. The summed E-state index contributed by atoms with van der Waals surface area (Å²) in [5, 5.41) is 13.7. The Kier molecular flexibility index (Phi) is 5.97. The van der Waals surface area contributed by atoms with Crippen LogP contribution < -0.4 is 10.5 Å². The summed E-state index contributed by atoms with van der Waals surface area (Å²) in [7, 11) is 0. The third kappa shape index (κ3) is 3.89. The minimum atomic E-state index is -0.245. The third-order valence-corrected chi connectivity index (χ3v) is 6.19. The van der Waals surface area contributed by atoms with Gasteiger partial charge in [0.2, 0.25) is 5.82 Å². The van der Waals surface area contributed by atoms with E-state index in [1.54, 1.807) is 0 Å². The fourth-order valence-electron chi connectivity index (χ4n) is 4.63. The first kappa shape index (κ1) is 20.7. The summed E-state index contributed by atoms with van der Waals surface area (Å²) >= 11 is 0. The van der Waals surface area contributed by atoms with E-state index in [1.165, 1.54) is 4.90 Å². The Morgan fingerprint density at radius 2 is 2.07 bits per heavy atom. The van der Waals surface area contributed by atoms with Crippen LogP contribution in [0.3, 0.4) is 0 Å². The van der Waals surface area contributed by atoms with E-state index in [2.05, 4.69) is 47.3 Å². The molecule has 0 amide bonds. The number of hydrogen-bond donors (Lipinski definition) is 2. The van der Waals surface area contributed by atoms with Crippen molar-refractivity contribution in [3.8, 4) is 0 Å². The van der Waals surface area contributed by atoms with E-state index in [4.69, 9.17) is 4.74 Å². The largest absolute Gasteiger partial charge is 0.376 e. The molecule has 8 heteroatoms. The maximum atomic E-state index is 13.2. The highest BCUT2D eigenvalue weighted by Gasteiger charge is 2.33. The first-order chi connectivity index (χ1) is 14.5.